The number of halogens is 1. The molecule has 0 aliphatic heterocycles. The molecule has 4 rings (SSSR count). The van der Waals surface area contributed by atoms with Gasteiger partial charge in [0.25, 0.3) is 0 Å². The van der Waals surface area contributed by atoms with Crippen LogP contribution in [0.1, 0.15) is 5.56 Å². The van der Waals surface area contributed by atoms with Crippen LogP contribution >= 0.6 is 11.6 Å². The van der Waals surface area contributed by atoms with E-state index in [2.05, 4.69) is 21.0 Å². The highest BCUT2D eigenvalue weighted by Gasteiger charge is 2.12. The SMILES string of the molecule is N#Cc1cccc(-c2nc(Cl)nc(-c3cccc4ccccc34)n2)c1. The first-order valence-electron chi connectivity index (χ1n) is 7.65. The highest BCUT2D eigenvalue weighted by Crippen LogP contribution is 2.28. The van der Waals surface area contributed by atoms with Gasteiger partial charge >= 0.3 is 0 Å². The molecule has 0 aliphatic carbocycles. The average Bonchev–Trinajstić information content (AvgIpc) is 2.67. The molecule has 0 spiro atoms. The number of benzene rings is 3. The minimum atomic E-state index is 0.121. The van der Waals surface area contributed by atoms with Crippen LogP contribution in [-0.2, 0) is 0 Å². The van der Waals surface area contributed by atoms with Crippen molar-refractivity contribution in [2.45, 2.75) is 0 Å². The first-order valence-corrected chi connectivity index (χ1v) is 8.02. The molecule has 4 nitrogen and oxygen atoms in total. The van der Waals surface area contributed by atoms with E-state index in [0.717, 1.165) is 21.9 Å². The maximum Gasteiger partial charge on any atom is 0.226 e. The summed E-state index contributed by atoms with van der Waals surface area (Å²) in [6.07, 6.45) is 0. The van der Waals surface area contributed by atoms with Crippen LogP contribution in [0.25, 0.3) is 33.5 Å². The zero-order valence-corrected chi connectivity index (χ0v) is 13.8. The largest absolute Gasteiger partial charge is 0.226 e. The van der Waals surface area contributed by atoms with Crippen molar-refractivity contribution >= 4 is 22.4 Å². The lowest BCUT2D eigenvalue weighted by molar-refractivity contribution is 1.07. The van der Waals surface area contributed by atoms with E-state index in [9.17, 15) is 0 Å². The van der Waals surface area contributed by atoms with Crippen molar-refractivity contribution in [1.82, 2.24) is 15.0 Å². The van der Waals surface area contributed by atoms with Crippen LogP contribution in [0.4, 0.5) is 0 Å². The molecular formula is C20H11ClN4. The summed E-state index contributed by atoms with van der Waals surface area (Å²) in [5.41, 5.74) is 2.16. The van der Waals surface area contributed by atoms with E-state index >= 15 is 0 Å². The number of hydrogen-bond donors (Lipinski definition) is 0. The molecule has 0 saturated carbocycles. The van der Waals surface area contributed by atoms with Crippen molar-refractivity contribution < 1.29 is 0 Å². The van der Waals surface area contributed by atoms with E-state index in [4.69, 9.17) is 16.9 Å². The topological polar surface area (TPSA) is 62.5 Å². The second kappa shape index (κ2) is 6.31. The molecule has 0 amide bonds. The normalized spacial score (nSPS) is 10.6. The lowest BCUT2D eigenvalue weighted by atomic mass is 10.0. The molecule has 0 aliphatic rings. The van der Waals surface area contributed by atoms with Gasteiger partial charge in [-0.05, 0) is 34.5 Å². The Kier molecular flexibility index (Phi) is 3.85. The van der Waals surface area contributed by atoms with Crippen molar-refractivity contribution in [2.24, 2.45) is 0 Å². The van der Waals surface area contributed by atoms with Crippen molar-refractivity contribution in [3.8, 4) is 28.8 Å². The van der Waals surface area contributed by atoms with Gasteiger partial charge in [-0.3, -0.25) is 0 Å². The Hall–Kier alpha value is -3.29. The molecule has 0 radical (unpaired) electrons. The van der Waals surface area contributed by atoms with Gasteiger partial charge < -0.3 is 0 Å². The second-order valence-corrected chi connectivity index (χ2v) is 5.81. The molecule has 0 N–H and O–H groups in total. The smallest absolute Gasteiger partial charge is 0.208 e. The van der Waals surface area contributed by atoms with E-state index < -0.39 is 0 Å². The zero-order valence-electron chi connectivity index (χ0n) is 13.0. The van der Waals surface area contributed by atoms with E-state index in [0.29, 0.717) is 17.2 Å². The molecule has 118 valence electrons. The van der Waals surface area contributed by atoms with E-state index in [-0.39, 0.29) is 5.28 Å². The molecule has 0 atom stereocenters. The average molecular weight is 343 g/mol. The fraction of sp³-hybridized carbons (Fsp3) is 0. The number of fused-ring (bicyclic) bond motifs is 1. The van der Waals surface area contributed by atoms with Crippen LogP contribution in [0, 0.1) is 11.3 Å². The van der Waals surface area contributed by atoms with Crippen LogP contribution in [-0.4, -0.2) is 15.0 Å². The number of nitrogens with zero attached hydrogens (tertiary/aromatic N) is 4. The monoisotopic (exact) mass is 342 g/mol. The van der Waals surface area contributed by atoms with Crippen LogP contribution in [0.5, 0.6) is 0 Å². The Bertz CT molecular complexity index is 1130. The summed E-state index contributed by atoms with van der Waals surface area (Å²) in [5.74, 6) is 0.953. The number of nitriles is 1. The number of hydrogen-bond acceptors (Lipinski definition) is 4. The minimum absolute atomic E-state index is 0.121. The summed E-state index contributed by atoms with van der Waals surface area (Å²) in [5, 5.41) is 11.4. The Morgan fingerprint density at radius 3 is 2.44 bits per heavy atom. The highest BCUT2D eigenvalue weighted by atomic mass is 35.5. The molecule has 4 aromatic rings. The second-order valence-electron chi connectivity index (χ2n) is 5.47. The lowest BCUT2D eigenvalue weighted by Crippen LogP contribution is -1.98. The number of aromatic nitrogens is 3. The summed E-state index contributed by atoms with van der Waals surface area (Å²) >= 11 is 6.15. The summed E-state index contributed by atoms with van der Waals surface area (Å²) in [6.45, 7) is 0. The first-order chi connectivity index (χ1) is 12.2. The molecule has 1 heterocycles. The Morgan fingerprint density at radius 2 is 1.56 bits per heavy atom. The third-order valence-corrected chi connectivity index (χ3v) is 4.06. The first kappa shape index (κ1) is 15.3. The number of rotatable bonds is 2. The van der Waals surface area contributed by atoms with E-state index in [1.165, 1.54) is 0 Å². The molecule has 0 saturated heterocycles. The molecule has 3 aromatic carbocycles. The summed E-state index contributed by atoms with van der Waals surface area (Å²) in [7, 11) is 0. The standard InChI is InChI=1S/C20H11ClN4/c21-20-24-18(15-8-3-5-13(11-15)12-22)23-19(25-20)17-10-4-7-14-6-1-2-9-16(14)17/h1-11H. The van der Waals surface area contributed by atoms with Gasteiger partial charge in [-0.25, -0.2) is 4.98 Å². The van der Waals surface area contributed by atoms with Gasteiger partial charge in [0.05, 0.1) is 11.6 Å². The molecule has 0 bridgehead atoms. The lowest BCUT2D eigenvalue weighted by Gasteiger charge is -2.08. The van der Waals surface area contributed by atoms with Gasteiger partial charge in [-0.15, -0.1) is 0 Å². The molecular weight excluding hydrogens is 332 g/mol. The predicted molar refractivity (Wildman–Crippen MR) is 97.9 cm³/mol. The molecule has 1 aromatic heterocycles. The third-order valence-electron chi connectivity index (χ3n) is 3.89. The predicted octanol–water partition coefficient (Wildman–Crippen LogP) is 4.88. The maximum absolute atomic E-state index is 9.09. The highest BCUT2D eigenvalue weighted by molar-refractivity contribution is 6.28. The third kappa shape index (κ3) is 2.93. The molecule has 5 heteroatoms. The fourth-order valence-electron chi connectivity index (χ4n) is 2.75. The van der Waals surface area contributed by atoms with Gasteiger partial charge in [-0.1, -0.05) is 54.6 Å². The van der Waals surface area contributed by atoms with Crippen molar-refractivity contribution in [3.05, 3.63) is 77.6 Å². The summed E-state index contributed by atoms with van der Waals surface area (Å²) < 4.78 is 0. The van der Waals surface area contributed by atoms with Gasteiger partial charge in [-0.2, -0.15) is 15.2 Å². The van der Waals surface area contributed by atoms with Gasteiger partial charge in [0, 0.05) is 11.1 Å². The van der Waals surface area contributed by atoms with Crippen LogP contribution in [0.2, 0.25) is 5.28 Å². The van der Waals surface area contributed by atoms with Crippen LogP contribution in [0.15, 0.2) is 66.7 Å². The Labute approximate surface area is 149 Å². The quantitative estimate of drug-likeness (QED) is 0.520. The Morgan fingerprint density at radius 1 is 0.800 bits per heavy atom. The molecule has 25 heavy (non-hydrogen) atoms. The van der Waals surface area contributed by atoms with E-state index in [1.807, 2.05) is 48.5 Å². The molecule has 0 fully saturated rings. The Balaban J connectivity index is 1.92. The minimum Gasteiger partial charge on any atom is -0.208 e. The maximum atomic E-state index is 9.09. The van der Waals surface area contributed by atoms with Crippen LogP contribution < -0.4 is 0 Å². The summed E-state index contributed by atoms with van der Waals surface area (Å²) in [6, 6.07) is 23.2. The van der Waals surface area contributed by atoms with E-state index in [1.54, 1.807) is 18.2 Å². The fourth-order valence-corrected chi connectivity index (χ4v) is 2.91. The van der Waals surface area contributed by atoms with Gasteiger partial charge in [0.1, 0.15) is 0 Å². The molecule has 0 unspecified atom stereocenters. The van der Waals surface area contributed by atoms with Gasteiger partial charge in [0.15, 0.2) is 11.6 Å². The van der Waals surface area contributed by atoms with Crippen molar-refractivity contribution in [1.29, 1.82) is 5.26 Å². The van der Waals surface area contributed by atoms with Gasteiger partial charge in [0.2, 0.25) is 5.28 Å². The van der Waals surface area contributed by atoms with Crippen molar-refractivity contribution in [3.63, 3.8) is 0 Å². The summed E-state index contributed by atoms with van der Waals surface area (Å²) in [4.78, 5) is 13.1. The van der Waals surface area contributed by atoms with Crippen molar-refractivity contribution in [2.75, 3.05) is 0 Å². The van der Waals surface area contributed by atoms with Crippen LogP contribution in [0.3, 0.4) is 0 Å². The zero-order chi connectivity index (χ0) is 17.2.